The molecule has 0 aliphatic carbocycles. The summed E-state index contributed by atoms with van der Waals surface area (Å²) in [5.74, 6) is -0.313. The fraction of sp³-hybridized carbons (Fsp3) is 0.591. The zero-order valence-electron chi connectivity index (χ0n) is 17.3. The molecule has 6 heteroatoms. The number of carbonyl (C=O) groups is 3. The van der Waals surface area contributed by atoms with Crippen LogP contribution < -0.4 is 10.2 Å². The summed E-state index contributed by atoms with van der Waals surface area (Å²) < 4.78 is 0. The molecule has 28 heavy (non-hydrogen) atoms. The van der Waals surface area contributed by atoms with E-state index in [0.717, 1.165) is 29.7 Å². The first-order valence-corrected chi connectivity index (χ1v) is 10.2. The van der Waals surface area contributed by atoms with Crippen LogP contribution in [0.5, 0.6) is 0 Å². The number of nitrogens with zero attached hydrogens (tertiary/aromatic N) is 2. The van der Waals surface area contributed by atoms with Crippen molar-refractivity contribution in [2.75, 3.05) is 24.5 Å². The predicted octanol–water partition coefficient (Wildman–Crippen LogP) is 2.42. The van der Waals surface area contributed by atoms with Crippen LogP contribution >= 0.6 is 0 Å². The second kappa shape index (κ2) is 8.33. The van der Waals surface area contributed by atoms with E-state index in [1.807, 2.05) is 50.8 Å². The molecule has 0 saturated carbocycles. The molecule has 0 bridgehead atoms. The highest BCUT2D eigenvalue weighted by atomic mass is 16.2. The first-order valence-electron chi connectivity index (χ1n) is 10.2. The zero-order chi connectivity index (χ0) is 20.4. The van der Waals surface area contributed by atoms with E-state index in [1.54, 1.807) is 4.90 Å². The van der Waals surface area contributed by atoms with Crippen LogP contribution in [0.25, 0.3) is 0 Å². The van der Waals surface area contributed by atoms with Gasteiger partial charge in [0.05, 0.1) is 5.92 Å². The summed E-state index contributed by atoms with van der Waals surface area (Å²) >= 11 is 0. The molecular formula is C22H31N3O3. The molecule has 2 fully saturated rings. The molecule has 3 amide bonds. The van der Waals surface area contributed by atoms with Crippen LogP contribution in [0.2, 0.25) is 0 Å². The normalized spacial score (nSPS) is 22.7. The van der Waals surface area contributed by atoms with Crippen LogP contribution in [-0.4, -0.2) is 48.3 Å². The number of nitrogens with one attached hydrogen (secondary N) is 1. The van der Waals surface area contributed by atoms with Crippen molar-refractivity contribution in [2.24, 2.45) is 11.8 Å². The Labute approximate surface area is 167 Å². The van der Waals surface area contributed by atoms with Crippen molar-refractivity contribution >= 4 is 23.4 Å². The maximum atomic E-state index is 13.1. The standard InChI is InChI=1S/C22H31N3O3/c1-14(2)21(27)23-18-8-6-10-24(13-18)22(28)17-11-20(26)25(12-17)19-9-5-7-15(3)16(19)4/h5,7,9,14,17-18H,6,8,10-13H2,1-4H3,(H,23,27). The molecule has 2 atom stereocenters. The van der Waals surface area contributed by atoms with E-state index in [-0.39, 0.29) is 42.0 Å². The monoisotopic (exact) mass is 385 g/mol. The van der Waals surface area contributed by atoms with Gasteiger partial charge in [-0.25, -0.2) is 0 Å². The Morgan fingerprint density at radius 2 is 1.93 bits per heavy atom. The van der Waals surface area contributed by atoms with Gasteiger partial charge in [-0.1, -0.05) is 26.0 Å². The summed E-state index contributed by atoms with van der Waals surface area (Å²) in [7, 11) is 0. The third kappa shape index (κ3) is 4.21. The number of hydrogen-bond donors (Lipinski definition) is 1. The van der Waals surface area contributed by atoms with E-state index in [1.165, 1.54) is 0 Å². The highest BCUT2D eigenvalue weighted by Crippen LogP contribution is 2.30. The Hall–Kier alpha value is -2.37. The quantitative estimate of drug-likeness (QED) is 0.865. The summed E-state index contributed by atoms with van der Waals surface area (Å²) in [6.45, 7) is 9.44. The van der Waals surface area contributed by atoms with Crippen molar-refractivity contribution in [1.82, 2.24) is 10.2 Å². The Bertz CT molecular complexity index is 774. The number of anilines is 1. The molecular weight excluding hydrogens is 354 g/mol. The molecule has 6 nitrogen and oxygen atoms in total. The van der Waals surface area contributed by atoms with Gasteiger partial charge in [0.15, 0.2) is 0 Å². The number of amides is 3. The number of hydrogen-bond acceptors (Lipinski definition) is 3. The van der Waals surface area contributed by atoms with E-state index in [4.69, 9.17) is 0 Å². The molecule has 1 N–H and O–H groups in total. The number of benzene rings is 1. The lowest BCUT2D eigenvalue weighted by molar-refractivity contribution is -0.138. The van der Waals surface area contributed by atoms with Gasteiger partial charge in [-0.15, -0.1) is 0 Å². The minimum atomic E-state index is -0.313. The number of likely N-dealkylation sites (tertiary alicyclic amines) is 1. The molecule has 2 aliphatic rings. The van der Waals surface area contributed by atoms with Crippen molar-refractivity contribution in [2.45, 2.75) is 53.0 Å². The number of piperidine rings is 1. The zero-order valence-corrected chi connectivity index (χ0v) is 17.3. The maximum absolute atomic E-state index is 13.1. The van der Waals surface area contributed by atoms with E-state index in [9.17, 15) is 14.4 Å². The van der Waals surface area contributed by atoms with E-state index in [0.29, 0.717) is 19.6 Å². The second-order valence-electron chi connectivity index (χ2n) is 8.41. The fourth-order valence-electron chi connectivity index (χ4n) is 4.06. The minimum absolute atomic E-state index is 0.000162. The number of rotatable bonds is 4. The van der Waals surface area contributed by atoms with Crippen LogP contribution in [0.1, 0.15) is 44.2 Å². The molecule has 2 heterocycles. The molecule has 0 spiro atoms. The third-order valence-corrected chi connectivity index (χ3v) is 5.94. The summed E-state index contributed by atoms with van der Waals surface area (Å²) in [4.78, 5) is 41.3. The molecule has 2 saturated heterocycles. The van der Waals surface area contributed by atoms with Gasteiger partial charge >= 0.3 is 0 Å². The summed E-state index contributed by atoms with van der Waals surface area (Å²) in [5.41, 5.74) is 3.12. The fourth-order valence-corrected chi connectivity index (χ4v) is 4.06. The third-order valence-electron chi connectivity index (χ3n) is 5.94. The van der Waals surface area contributed by atoms with Gasteiger partial charge in [-0.3, -0.25) is 14.4 Å². The van der Waals surface area contributed by atoms with Crippen LogP contribution in [0.3, 0.4) is 0 Å². The van der Waals surface area contributed by atoms with Crippen molar-refractivity contribution in [3.05, 3.63) is 29.3 Å². The molecule has 2 aliphatic heterocycles. The SMILES string of the molecule is Cc1cccc(N2CC(C(=O)N3CCCC(NC(=O)C(C)C)C3)CC2=O)c1C. The van der Waals surface area contributed by atoms with Gasteiger partial charge in [0, 0.05) is 43.7 Å². The van der Waals surface area contributed by atoms with Crippen LogP contribution in [0.15, 0.2) is 18.2 Å². The average Bonchev–Trinajstić information content (AvgIpc) is 3.05. The summed E-state index contributed by atoms with van der Waals surface area (Å²) in [6, 6.07) is 5.93. The Balaban J connectivity index is 1.65. The molecule has 0 radical (unpaired) electrons. The van der Waals surface area contributed by atoms with Crippen LogP contribution in [-0.2, 0) is 14.4 Å². The van der Waals surface area contributed by atoms with Gasteiger partial charge in [-0.2, -0.15) is 0 Å². The largest absolute Gasteiger partial charge is 0.351 e. The van der Waals surface area contributed by atoms with Gasteiger partial charge in [0.2, 0.25) is 17.7 Å². The lowest BCUT2D eigenvalue weighted by atomic mass is 10.0. The Kier molecular flexibility index (Phi) is 6.06. The van der Waals surface area contributed by atoms with Crippen molar-refractivity contribution in [1.29, 1.82) is 0 Å². The van der Waals surface area contributed by atoms with E-state index < -0.39 is 0 Å². The van der Waals surface area contributed by atoms with Gasteiger partial charge < -0.3 is 15.1 Å². The minimum Gasteiger partial charge on any atom is -0.351 e. The first kappa shape index (κ1) is 20.4. The Morgan fingerprint density at radius 1 is 1.18 bits per heavy atom. The van der Waals surface area contributed by atoms with Crippen LogP contribution in [0, 0.1) is 25.7 Å². The number of carbonyl (C=O) groups excluding carboxylic acids is 3. The highest BCUT2D eigenvalue weighted by Gasteiger charge is 2.39. The lowest BCUT2D eigenvalue weighted by Crippen LogP contribution is -2.51. The van der Waals surface area contributed by atoms with Crippen molar-refractivity contribution in [3.8, 4) is 0 Å². The van der Waals surface area contributed by atoms with Gasteiger partial charge in [0.1, 0.15) is 0 Å². The molecule has 2 unspecified atom stereocenters. The first-order chi connectivity index (χ1) is 13.3. The lowest BCUT2D eigenvalue weighted by Gasteiger charge is -2.35. The van der Waals surface area contributed by atoms with Gasteiger partial charge in [0.25, 0.3) is 0 Å². The van der Waals surface area contributed by atoms with Gasteiger partial charge in [-0.05, 0) is 43.9 Å². The van der Waals surface area contributed by atoms with E-state index >= 15 is 0 Å². The van der Waals surface area contributed by atoms with E-state index in [2.05, 4.69) is 5.32 Å². The molecule has 152 valence electrons. The highest BCUT2D eigenvalue weighted by molar-refractivity contribution is 6.01. The maximum Gasteiger partial charge on any atom is 0.228 e. The topological polar surface area (TPSA) is 69.7 Å². The predicted molar refractivity (Wildman–Crippen MR) is 109 cm³/mol. The number of aryl methyl sites for hydroxylation is 1. The second-order valence-corrected chi connectivity index (χ2v) is 8.41. The summed E-state index contributed by atoms with van der Waals surface area (Å²) in [6.07, 6.45) is 2.02. The van der Waals surface area contributed by atoms with Crippen molar-refractivity contribution < 1.29 is 14.4 Å². The smallest absolute Gasteiger partial charge is 0.228 e. The average molecular weight is 386 g/mol. The van der Waals surface area contributed by atoms with Crippen molar-refractivity contribution in [3.63, 3.8) is 0 Å². The molecule has 0 aromatic heterocycles. The summed E-state index contributed by atoms with van der Waals surface area (Å²) in [5, 5.41) is 3.04. The molecule has 1 aromatic rings. The molecule has 1 aromatic carbocycles. The van der Waals surface area contributed by atoms with Crippen LogP contribution in [0.4, 0.5) is 5.69 Å². The Morgan fingerprint density at radius 3 is 2.64 bits per heavy atom. The molecule has 3 rings (SSSR count).